The summed E-state index contributed by atoms with van der Waals surface area (Å²) in [5.74, 6) is 0.460. The van der Waals surface area contributed by atoms with Crippen molar-refractivity contribution in [1.29, 1.82) is 0 Å². The van der Waals surface area contributed by atoms with Crippen LogP contribution in [0.25, 0.3) is 17.3 Å². The summed E-state index contributed by atoms with van der Waals surface area (Å²) < 4.78 is 10.7. The van der Waals surface area contributed by atoms with Crippen molar-refractivity contribution in [1.82, 2.24) is 4.98 Å². The normalized spacial score (nSPS) is 15.8. The molecule has 0 saturated carbocycles. The fraction of sp³-hybridized carbons (Fsp3) is 0.154. The van der Waals surface area contributed by atoms with Gasteiger partial charge < -0.3 is 19.9 Å². The lowest BCUT2D eigenvalue weighted by Crippen LogP contribution is -2.24. The van der Waals surface area contributed by atoms with Crippen molar-refractivity contribution in [2.75, 3.05) is 7.11 Å². The molecule has 1 aromatic carbocycles. The van der Waals surface area contributed by atoms with E-state index in [1.807, 2.05) is 63.3 Å². The van der Waals surface area contributed by atoms with Gasteiger partial charge in [0.15, 0.2) is 5.78 Å². The standard InChI is InChI=1S/C26H25N3O3/c1-15(2)11-16(3)19(27)12-21-23(31-4)13-22(28-21)25-24(26(30)17-9-10-32-14-17)18-7-5-6-8-20(18)29-25/h5-14,28H,27H2,1-4H3/b19-16-,21-12-,25-22?. The third-order valence-corrected chi connectivity index (χ3v) is 5.20. The summed E-state index contributed by atoms with van der Waals surface area (Å²) in [6, 6.07) is 11.1. The number of Topliss-reactive ketones (excluding diaryl/α,β-unsaturated/α-hetero) is 1. The number of hydrogen-bond donors (Lipinski definition) is 2. The van der Waals surface area contributed by atoms with Crippen LogP contribution in [-0.4, -0.2) is 17.9 Å². The van der Waals surface area contributed by atoms with Gasteiger partial charge in [0.05, 0.1) is 46.3 Å². The molecule has 3 N–H and O–H groups in total. The number of ether oxygens (including phenoxy) is 1. The number of nitrogens with zero attached hydrogens (tertiary/aromatic N) is 1. The third-order valence-electron chi connectivity index (χ3n) is 5.20. The van der Waals surface area contributed by atoms with Crippen LogP contribution in [0.1, 0.15) is 31.1 Å². The average Bonchev–Trinajstić information content (AvgIpc) is 3.50. The van der Waals surface area contributed by atoms with Gasteiger partial charge in [-0.25, -0.2) is 4.99 Å². The van der Waals surface area contributed by atoms with Crippen molar-refractivity contribution >= 4 is 23.1 Å². The first-order chi connectivity index (χ1) is 15.4. The van der Waals surface area contributed by atoms with Crippen LogP contribution in [-0.2, 0) is 0 Å². The van der Waals surface area contributed by atoms with E-state index in [1.54, 1.807) is 13.2 Å². The van der Waals surface area contributed by atoms with Crippen LogP contribution in [0.2, 0.25) is 0 Å². The lowest BCUT2D eigenvalue weighted by atomic mass is 10.0. The van der Waals surface area contributed by atoms with Crippen LogP contribution >= 0.6 is 0 Å². The highest BCUT2D eigenvalue weighted by Gasteiger charge is 2.23. The minimum Gasteiger partial charge on any atom is -0.494 e. The predicted octanol–water partition coefficient (Wildman–Crippen LogP) is 2.07. The van der Waals surface area contributed by atoms with Crippen molar-refractivity contribution in [2.24, 2.45) is 10.7 Å². The second-order valence-electron chi connectivity index (χ2n) is 7.86. The topological polar surface area (TPSA) is 93.6 Å². The summed E-state index contributed by atoms with van der Waals surface area (Å²) in [5.41, 5.74) is 10.6. The number of aromatic nitrogens is 1. The number of para-hydroxylation sites is 1. The van der Waals surface area contributed by atoms with Gasteiger partial charge >= 0.3 is 0 Å². The molecule has 0 fully saturated rings. The second-order valence-corrected chi connectivity index (χ2v) is 7.86. The predicted molar refractivity (Wildman–Crippen MR) is 124 cm³/mol. The molecule has 3 aromatic rings. The molecule has 0 radical (unpaired) electrons. The monoisotopic (exact) mass is 427 g/mol. The summed E-state index contributed by atoms with van der Waals surface area (Å²) in [6.45, 7) is 6.01. The van der Waals surface area contributed by atoms with Crippen molar-refractivity contribution in [3.05, 3.63) is 98.7 Å². The number of H-pyrrole nitrogens is 1. The summed E-state index contributed by atoms with van der Waals surface area (Å²) in [5, 5.41) is 2.90. The zero-order valence-corrected chi connectivity index (χ0v) is 18.5. The van der Waals surface area contributed by atoms with Crippen LogP contribution < -0.4 is 31.7 Å². The van der Waals surface area contributed by atoms with Gasteiger partial charge in [0.25, 0.3) is 0 Å². The molecule has 0 spiro atoms. The summed E-state index contributed by atoms with van der Waals surface area (Å²) in [6.07, 6.45) is 6.78. The molecule has 0 bridgehead atoms. The van der Waals surface area contributed by atoms with E-state index in [2.05, 4.69) is 4.98 Å². The van der Waals surface area contributed by atoms with E-state index in [0.717, 1.165) is 21.7 Å². The Hall–Kier alpha value is -4.06. The first kappa shape index (κ1) is 21.2. The summed E-state index contributed by atoms with van der Waals surface area (Å²) in [4.78, 5) is 21.4. The number of furan rings is 1. The highest BCUT2D eigenvalue weighted by Crippen LogP contribution is 2.20. The molecule has 162 valence electrons. The number of fused-ring (bicyclic) bond motifs is 1. The third kappa shape index (κ3) is 3.95. The molecule has 0 unspecified atom stereocenters. The molecule has 0 aliphatic carbocycles. The quantitative estimate of drug-likeness (QED) is 0.482. The number of rotatable bonds is 5. The van der Waals surface area contributed by atoms with E-state index in [9.17, 15) is 4.79 Å². The zero-order chi connectivity index (χ0) is 22.8. The van der Waals surface area contributed by atoms with Crippen LogP contribution in [0.5, 0.6) is 5.75 Å². The van der Waals surface area contributed by atoms with Gasteiger partial charge in [-0.15, -0.1) is 0 Å². The number of nitrogens with two attached hydrogens (primary N) is 1. The fourth-order valence-corrected chi connectivity index (χ4v) is 3.69. The molecular formula is C26H25N3O3. The first-order valence-electron chi connectivity index (χ1n) is 10.2. The van der Waals surface area contributed by atoms with Gasteiger partial charge in [-0.3, -0.25) is 4.79 Å². The van der Waals surface area contributed by atoms with E-state index in [4.69, 9.17) is 19.9 Å². The highest BCUT2D eigenvalue weighted by molar-refractivity contribution is 6.35. The van der Waals surface area contributed by atoms with Gasteiger partial charge in [0, 0.05) is 17.0 Å². The Labute approximate surface area is 185 Å². The SMILES string of the molecule is COc1cc(=C2N=c3ccccc3=C2C(=O)c2ccoc2)[nH]/c1=C\C(N)=C(/C)C=C(C)C. The van der Waals surface area contributed by atoms with Crippen molar-refractivity contribution in [3.63, 3.8) is 0 Å². The average molecular weight is 428 g/mol. The Morgan fingerprint density at radius 2 is 1.97 bits per heavy atom. The Morgan fingerprint density at radius 3 is 2.66 bits per heavy atom. The second kappa shape index (κ2) is 8.59. The highest BCUT2D eigenvalue weighted by atomic mass is 16.5. The molecule has 32 heavy (non-hydrogen) atoms. The van der Waals surface area contributed by atoms with Crippen LogP contribution in [0.15, 0.2) is 81.3 Å². The Morgan fingerprint density at radius 1 is 1.19 bits per heavy atom. The Kier molecular flexibility index (Phi) is 5.69. The van der Waals surface area contributed by atoms with E-state index in [0.29, 0.717) is 39.0 Å². The molecule has 2 aromatic heterocycles. The molecule has 1 aliphatic heterocycles. The number of methoxy groups -OCH3 is 1. The minimum absolute atomic E-state index is 0.152. The fourth-order valence-electron chi connectivity index (χ4n) is 3.69. The van der Waals surface area contributed by atoms with Gasteiger partial charge in [0.1, 0.15) is 12.0 Å². The van der Waals surface area contributed by atoms with Crippen molar-refractivity contribution in [2.45, 2.75) is 20.8 Å². The van der Waals surface area contributed by atoms with E-state index < -0.39 is 0 Å². The van der Waals surface area contributed by atoms with Crippen molar-refractivity contribution < 1.29 is 13.9 Å². The van der Waals surface area contributed by atoms with Gasteiger partial charge in [-0.05, 0) is 44.6 Å². The number of hydrogen-bond acceptors (Lipinski definition) is 5. The molecule has 0 amide bonds. The molecule has 3 heterocycles. The summed E-state index contributed by atoms with van der Waals surface area (Å²) in [7, 11) is 1.60. The number of aromatic amines is 1. The first-order valence-corrected chi connectivity index (χ1v) is 10.2. The molecule has 6 heteroatoms. The lowest BCUT2D eigenvalue weighted by Gasteiger charge is -2.01. The maximum Gasteiger partial charge on any atom is 0.199 e. The van der Waals surface area contributed by atoms with Crippen LogP contribution in [0, 0.1) is 0 Å². The van der Waals surface area contributed by atoms with Gasteiger partial charge in [-0.1, -0.05) is 29.8 Å². The number of nitrogens with one attached hydrogen (secondary N) is 1. The largest absolute Gasteiger partial charge is 0.494 e. The number of allylic oxidation sites excluding steroid dienone is 4. The van der Waals surface area contributed by atoms with E-state index in [-0.39, 0.29) is 5.78 Å². The minimum atomic E-state index is -0.152. The number of benzene rings is 1. The van der Waals surface area contributed by atoms with Gasteiger partial charge in [0.2, 0.25) is 0 Å². The van der Waals surface area contributed by atoms with Crippen LogP contribution in [0.3, 0.4) is 0 Å². The number of carbonyl (C=O) groups is 1. The van der Waals surface area contributed by atoms with Gasteiger partial charge in [-0.2, -0.15) is 0 Å². The molecule has 1 aliphatic rings. The van der Waals surface area contributed by atoms with Crippen LogP contribution in [0.4, 0.5) is 0 Å². The molecule has 6 nitrogen and oxygen atoms in total. The van der Waals surface area contributed by atoms with E-state index >= 15 is 0 Å². The Bertz CT molecular complexity index is 1500. The maximum atomic E-state index is 13.3. The van der Waals surface area contributed by atoms with Crippen molar-refractivity contribution in [3.8, 4) is 5.75 Å². The molecule has 0 saturated heterocycles. The molecule has 4 rings (SSSR count). The zero-order valence-electron chi connectivity index (χ0n) is 18.5. The molecule has 0 atom stereocenters. The van der Waals surface area contributed by atoms with E-state index in [1.165, 1.54) is 12.5 Å². The number of carbonyl (C=O) groups excluding carboxylic acids is 1. The lowest BCUT2D eigenvalue weighted by molar-refractivity contribution is 0.105. The molecular weight excluding hydrogens is 402 g/mol. The number of ketones is 1. The summed E-state index contributed by atoms with van der Waals surface area (Å²) >= 11 is 0. The smallest absolute Gasteiger partial charge is 0.199 e. The Balaban J connectivity index is 1.98. The maximum absolute atomic E-state index is 13.3.